The second-order valence-corrected chi connectivity index (χ2v) is 4.88. The van der Waals surface area contributed by atoms with Crippen LogP contribution >= 0.6 is 0 Å². The SMILES string of the molecule is CC(C)CNC(=O)CNC(=O)CC(C)CC(=O)O. The molecule has 2 amide bonds. The van der Waals surface area contributed by atoms with Crippen LogP contribution in [0.1, 0.15) is 33.6 Å². The van der Waals surface area contributed by atoms with Crippen LogP contribution in [0.3, 0.4) is 0 Å². The van der Waals surface area contributed by atoms with E-state index < -0.39 is 5.97 Å². The van der Waals surface area contributed by atoms with Gasteiger partial charge in [0.05, 0.1) is 6.54 Å². The van der Waals surface area contributed by atoms with E-state index in [4.69, 9.17) is 5.11 Å². The molecule has 0 rings (SSSR count). The summed E-state index contributed by atoms with van der Waals surface area (Å²) in [5, 5.41) is 13.7. The van der Waals surface area contributed by atoms with Crippen LogP contribution < -0.4 is 10.6 Å². The van der Waals surface area contributed by atoms with E-state index in [1.54, 1.807) is 6.92 Å². The van der Waals surface area contributed by atoms with Gasteiger partial charge in [0.2, 0.25) is 11.8 Å². The first-order valence-electron chi connectivity index (χ1n) is 6.06. The van der Waals surface area contributed by atoms with Gasteiger partial charge < -0.3 is 15.7 Å². The van der Waals surface area contributed by atoms with Crippen LogP contribution in [0.15, 0.2) is 0 Å². The Morgan fingerprint density at radius 2 is 1.61 bits per heavy atom. The van der Waals surface area contributed by atoms with Gasteiger partial charge in [-0.1, -0.05) is 20.8 Å². The molecule has 0 aliphatic carbocycles. The van der Waals surface area contributed by atoms with Crippen LogP contribution in [0.4, 0.5) is 0 Å². The molecule has 0 aromatic rings. The van der Waals surface area contributed by atoms with Crippen molar-refractivity contribution in [3.8, 4) is 0 Å². The molecule has 3 N–H and O–H groups in total. The molecule has 1 atom stereocenters. The minimum Gasteiger partial charge on any atom is -0.481 e. The molecule has 6 nitrogen and oxygen atoms in total. The summed E-state index contributed by atoms with van der Waals surface area (Å²) in [6.07, 6.45) is 0.0662. The van der Waals surface area contributed by atoms with E-state index in [0.29, 0.717) is 12.5 Å². The van der Waals surface area contributed by atoms with Gasteiger partial charge in [0, 0.05) is 19.4 Å². The van der Waals surface area contributed by atoms with Crippen LogP contribution in [-0.2, 0) is 14.4 Å². The lowest BCUT2D eigenvalue weighted by molar-refractivity contribution is -0.138. The van der Waals surface area contributed by atoms with Gasteiger partial charge in [0.1, 0.15) is 0 Å². The summed E-state index contributed by atoms with van der Waals surface area (Å²) in [4.78, 5) is 33.1. The van der Waals surface area contributed by atoms with Crippen molar-refractivity contribution in [2.75, 3.05) is 13.1 Å². The summed E-state index contributed by atoms with van der Waals surface area (Å²) in [6, 6.07) is 0. The largest absolute Gasteiger partial charge is 0.481 e. The first-order valence-corrected chi connectivity index (χ1v) is 6.06. The van der Waals surface area contributed by atoms with E-state index in [1.807, 2.05) is 13.8 Å². The molecule has 0 fully saturated rings. The van der Waals surface area contributed by atoms with Gasteiger partial charge in [-0.15, -0.1) is 0 Å². The Morgan fingerprint density at radius 3 is 2.11 bits per heavy atom. The highest BCUT2D eigenvalue weighted by atomic mass is 16.4. The van der Waals surface area contributed by atoms with Crippen LogP contribution in [0, 0.1) is 11.8 Å². The lowest BCUT2D eigenvalue weighted by Gasteiger charge is -2.10. The molecule has 104 valence electrons. The highest BCUT2D eigenvalue weighted by molar-refractivity contribution is 5.84. The zero-order valence-corrected chi connectivity index (χ0v) is 11.2. The molecule has 0 aromatic heterocycles. The van der Waals surface area contributed by atoms with Crippen LogP contribution in [0.25, 0.3) is 0 Å². The predicted octanol–water partition coefficient (Wildman–Crippen LogP) is 0.376. The summed E-state index contributed by atoms with van der Waals surface area (Å²) in [7, 11) is 0. The summed E-state index contributed by atoms with van der Waals surface area (Å²) < 4.78 is 0. The molecule has 0 aliphatic rings. The van der Waals surface area contributed by atoms with Crippen molar-refractivity contribution < 1.29 is 19.5 Å². The summed E-state index contributed by atoms with van der Waals surface area (Å²) in [6.45, 7) is 6.15. The minimum atomic E-state index is -0.926. The molecule has 0 aliphatic heterocycles. The molecule has 0 aromatic carbocycles. The van der Waals surface area contributed by atoms with E-state index in [-0.39, 0.29) is 37.1 Å². The number of amides is 2. The lowest BCUT2D eigenvalue weighted by atomic mass is 10.0. The number of carboxylic acids is 1. The molecule has 0 saturated heterocycles. The summed E-state index contributed by atoms with van der Waals surface area (Å²) in [5.41, 5.74) is 0. The van der Waals surface area contributed by atoms with E-state index in [2.05, 4.69) is 10.6 Å². The lowest BCUT2D eigenvalue weighted by Crippen LogP contribution is -2.38. The summed E-state index contributed by atoms with van der Waals surface area (Å²) >= 11 is 0. The maximum Gasteiger partial charge on any atom is 0.303 e. The maximum absolute atomic E-state index is 11.4. The Hall–Kier alpha value is -1.59. The Bertz CT molecular complexity index is 302. The Labute approximate surface area is 107 Å². The number of hydrogen-bond acceptors (Lipinski definition) is 3. The molecule has 0 saturated carbocycles. The van der Waals surface area contributed by atoms with E-state index in [9.17, 15) is 14.4 Å². The standard InChI is InChI=1S/C12H22N2O4/c1-8(2)6-13-11(16)7-14-10(15)4-9(3)5-12(17)18/h8-9H,4-7H2,1-3H3,(H,13,16)(H,14,15)(H,17,18). The van der Waals surface area contributed by atoms with Crippen molar-refractivity contribution >= 4 is 17.8 Å². The highest BCUT2D eigenvalue weighted by Gasteiger charge is 2.13. The third-order valence-corrected chi connectivity index (χ3v) is 2.21. The van der Waals surface area contributed by atoms with Gasteiger partial charge in [-0.05, 0) is 11.8 Å². The second-order valence-electron chi connectivity index (χ2n) is 4.88. The molecular weight excluding hydrogens is 236 g/mol. The van der Waals surface area contributed by atoms with Crippen molar-refractivity contribution in [3.63, 3.8) is 0 Å². The first-order chi connectivity index (χ1) is 8.31. The zero-order chi connectivity index (χ0) is 14.1. The van der Waals surface area contributed by atoms with Gasteiger partial charge in [0.15, 0.2) is 0 Å². The predicted molar refractivity (Wildman–Crippen MR) is 66.9 cm³/mol. The molecule has 1 unspecified atom stereocenters. The number of carbonyl (C=O) groups is 3. The highest BCUT2D eigenvalue weighted by Crippen LogP contribution is 2.06. The van der Waals surface area contributed by atoms with Gasteiger partial charge in [-0.25, -0.2) is 0 Å². The third kappa shape index (κ3) is 9.62. The Balaban J connectivity index is 3.76. The Morgan fingerprint density at radius 1 is 1.00 bits per heavy atom. The molecule has 0 heterocycles. The van der Waals surface area contributed by atoms with Crippen LogP contribution in [0.2, 0.25) is 0 Å². The molecule has 18 heavy (non-hydrogen) atoms. The van der Waals surface area contributed by atoms with Crippen molar-refractivity contribution in [2.45, 2.75) is 33.6 Å². The summed E-state index contributed by atoms with van der Waals surface area (Å²) in [5.74, 6) is -1.34. The topological polar surface area (TPSA) is 95.5 Å². The number of carboxylic acid groups (broad SMARTS) is 1. The molecule has 0 spiro atoms. The number of aliphatic carboxylic acids is 1. The molecule has 0 bridgehead atoms. The number of carbonyl (C=O) groups excluding carboxylic acids is 2. The minimum absolute atomic E-state index is 0.0486. The average molecular weight is 258 g/mol. The van der Waals surface area contributed by atoms with Gasteiger partial charge in [0.25, 0.3) is 0 Å². The van der Waals surface area contributed by atoms with Gasteiger partial charge in [-0.2, -0.15) is 0 Å². The molecule has 0 radical (unpaired) electrons. The van der Waals surface area contributed by atoms with Crippen molar-refractivity contribution in [1.82, 2.24) is 10.6 Å². The average Bonchev–Trinajstić information content (AvgIpc) is 2.22. The van der Waals surface area contributed by atoms with Crippen LogP contribution in [0.5, 0.6) is 0 Å². The Kier molecular flexibility index (Phi) is 7.74. The third-order valence-electron chi connectivity index (χ3n) is 2.21. The quantitative estimate of drug-likeness (QED) is 0.586. The zero-order valence-electron chi connectivity index (χ0n) is 11.2. The van der Waals surface area contributed by atoms with Gasteiger partial charge >= 0.3 is 5.97 Å². The fraction of sp³-hybridized carbons (Fsp3) is 0.750. The van der Waals surface area contributed by atoms with Gasteiger partial charge in [-0.3, -0.25) is 14.4 Å². The van der Waals surface area contributed by atoms with E-state index >= 15 is 0 Å². The molecular formula is C12H22N2O4. The van der Waals surface area contributed by atoms with Crippen molar-refractivity contribution in [1.29, 1.82) is 0 Å². The number of hydrogen-bond donors (Lipinski definition) is 3. The smallest absolute Gasteiger partial charge is 0.303 e. The van der Waals surface area contributed by atoms with E-state index in [1.165, 1.54) is 0 Å². The monoisotopic (exact) mass is 258 g/mol. The first kappa shape index (κ1) is 16.4. The number of nitrogens with one attached hydrogen (secondary N) is 2. The van der Waals surface area contributed by atoms with Crippen LogP contribution in [-0.4, -0.2) is 36.0 Å². The second kappa shape index (κ2) is 8.49. The van der Waals surface area contributed by atoms with E-state index in [0.717, 1.165) is 0 Å². The molecule has 6 heteroatoms. The fourth-order valence-electron chi connectivity index (χ4n) is 1.32. The van der Waals surface area contributed by atoms with Crippen molar-refractivity contribution in [2.24, 2.45) is 11.8 Å². The number of rotatable bonds is 8. The fourth-order valence-corrected chi connectivity index (χ4v) is 1.32. The maximum atomic E-state index is 11.4. The van der Waals surface area contributed by atoms with Crippen molar-refractivity contribution in [3.05, 3.63) is 0 Å². The normalized spacial score (nSPS) is 12.0.